The average Bonchev–Trinajstić information content (AvgIpc) is 3.11. The second-order valence-corrected chi connectivity index (χ2v) is 5.64. The fourth-order valence-electron chi connectivity index (χ4n) is 2.75. The number of rotatable bonds is 7. The van der Waals surface area contributed by atoms with E-state index in [1.807, 2.05) is 0 Å². The molecule has 0 saturated heterocycles. The topological polar surface area (TPSA) is 12.0 Å². The Bertz CT molecular complexity index is 228. The van der Waals surface area contributed by atoms with Crippen molar-refractivity contribution in [3.63, 3.8) is 0 Å². The van der Waals surface area contributed by atoms with Gasteiger partial charge in [0.15, 0.2) is 0 Å². The molecular formula is C15H27N. The van der Waals surface area contributed by atoms with Gasteiger partial charge in [-0.15, -0.1) is 0 Å². The molecule has 0 spiro atoms. The second kappa shape index (κ2) is 6.44. The lowest BCUT2D eigenvalue weighted by Crippen LogP contribution is -2.30. The minimum absolute atomic E-state index is 0.775. The van der Waals surface area contributed by atoms with E-state index in [0.717, 1.165) is 12.0 Å². The zero-order valence-electron chi connectivity index (χ0n) is 10.8. The molecule has 2 rings (SSSR count). The number of allylic oxidation sites excluding steroid dienone is 1. The molecule has 2 aliphatic rings. The van der Waals surface area contributed by atoms with Crippen LogP contribution in [0.15, 0.2) is 11.6 Å². The first-order chi connectivity index (χ1) is 7.88. The van der Waals surface area contributed by atoms with Crippen molar-refractivity contribution < 1.29 is 0 Å². The first-order valence-corrected chi connectivity index (χ1v) is 7.29. The van der Waals surface area contributed by atoms with Crippen LogP contribution in [0.3, 0.4) is 0 Å². The van der Waals surface area contributed by atoms with E-state index >= 15 is 0 Å². The van der Waals surface area contributed by atoms with E-state index in [0.29, 0.717) is 0 Å². The number of nitrogens with one attached hydrogen (secondary N) is 1. The van der Waals surface area contributed by atoms with Gasteiger partial charge in [-0.25, -0.2) is 0 Å². The van der Waals surface area contributed by atoms with Crippen molar-refractivity contribution >= 4 is 0 Å². The highest BCUT2D eigenvalue weighted by molar-refractivity contribution is 5.07. The molecule has 1 heteroatoms. The van der Waals surface area contributed by atoms with E-state index in [1.165, 1.54) is 64.3 Å². The summed E-state index contributed by atoms with van der Waals surface area (Å²) in [5.41, 5.74) is 1.74. The van der Waals surface area contributed by atoms with Gasteiger partial charge in [-0.1, -0.05) is 31.4 Å². The maximum absolute atomic E-state index is 3.75. The van der Waals surface area contributed by atoms with Gasteiger partial charge >= 0.3 is 0 Å². The highest BCUT2D eigenvalue weighted by Gasteiger charge is 2.25. The van der Waals surface area contributed by atoms with E-state index in [-0.39, 0.29) is 0 Å². The number of hydrogen-bond donors (Lipinski definition) is 1. The van der Waals surface area contributed by atoms with Gasteiger partial charge in [0.25, 0.3) is 0 Å². The highest BCUT2D eigenvalue weighted by Crippen LogP contribution is 2.35. The van der Waals surface area contributed by atoms with Crippen molar-refractivity contribution in [1.82, 2.24) is 5.32 Å². The summed E-state index contributed by atoms with van der Waals surface area (Å²) >= 11 is 0. The average molecular weight is 221 g/mol. The van der Waals surface area contributed by atoms with Gasteiger partial charge in [-0.3, -0.25) is 0 Å². The standard InChI is InChI=1S/C15H27N/c1-2-10-16-15(12-14-8-9-14)11-13-6-4-3-5-7-13/h6,14-16H,2-5,7-12H2,1H3. The minimum atomic E-state index is 0.775. The molecule has 1 fully saturated rings. The minimum Gasteiger partial charge on any atom is -0.314 e. The second-order valence-electron chi connectivity index (χ2n) is 5.64. The van der Waals surface area contributed by atoms with Gasteiger partial charge < -0.3 is 5.32 Å². The predicted molar refractivity (Wildman–Crippen MR) is 70.6 cm³/mol. The smallest absolute Gasteiger partial charge is 0.0107 e. The predicted octanol–water partition coefficient (Wildman–Crippen LogP) is 4.05. The molecule has 1 atom stereocenters. The van der Waals surface area contributed by atoms with Crippen molar-refractivity contribution in [3.8, 4) is 0 Å². The molecule has 1 N–H and O–H groups in total. The van der Waals surface area contributed by atoms with Crippen LogP contribution in [0.4, 0.5) is 0 Å². The largest absolute Gasteiger partial charge is 0.314 e. The quantitative estimate of drug-likeness (QED) is 0.640. The summed E-state index contributed by atoms with van der Waals surface area (Å²) in [6, 6.07) is 0.775. The molecule has 2 aliphatic carbocycles. The lowest BCUT2D eigenvalue weighted by molar-refractivity contribution is 0.445. The molecule has 16 heavy (non-hydrogen) atoms. The first-order valence-electron chi connectivity index (χ1n) is 7.29. The third kappa shape index (κ3) is 4.29. The van der Waals surface area contributed by atoms with Crippen molar-refractivity contribution in [1.29, 1.82) is 0 Å². The molecule has 0 radical (unpaired) electrons. The van der Waals surface area contributed by atoms with Crippen molar-refractivity contribution in [2.45, 2.75) is 70.8 Å². The molecule has 92 valence electrons. The molecule has 1 unspecified atom stereocenters. The van der Waals surface area contributed by atoms with E-state index in [1.54, 1.807) is 5.57 Å². The van der Waals surface area contributed by atoms with Crippen LogP contribution in [-0.4, -0.2) is 12.6 Å². The van der Waals surface area contributed by atoms with Gasteiger partial charge in [0.2, 0.25) is 0 Å². The summed E-state index contributed by atoms with van der Waals surface area (Å²) in [5, 5.41) is 3.75. The molecule has 0 bridgehead atoms. The summed E-state index contributed by atoms with van der Waals surface area (Å²) in [4.78, 5) is 0. The van der Waals surface area contributed by atoms with Crippen LogP contribution in [0, 0.1) is 5.92 Å². The lowest BCUT2D eigenvalue weighted by Gasteiger charge is -2.22. The van der Waals surface area contributed by atoms with Gasteiger partial charge in [-0.2, -0.15) is 0 Å². The van der Waals surface area contributed by atoms with Crippen molar-refractivity contribution in [3.05, 3.63) is 11.6 Å². The maximum atomic E-state index is 3.75. The van der Waals surface area contributed by atoms with Crippen molar-refractivity contribution in [2.24, 2.45) is 5.92 Å². The first kappa shape index (κ1) is 12.2. The monoisotopic (exact) mass is 221 g/mol. The normalized spacial score (nSPS) is 22.9. The lowest BCUT2D eigenvalue weighted by atomic mass is 9.92. The SMILES string of the molecule is CCCNC(CC1=CCCCC1)CC1CC1. The van der Waals surface area contributed by atoms with Crippen LogP contribution in [0.5, 0.6) is 0 Å². The molecule has 1 saturated carbocycles. The van der Waals surface area contributed by atoms with Crippen LogP contribution in [0.2, 0.25) is 0 Å². The summed E-state index contributed by atoms with van der Waals surface area (Å²) in [7, 11) is 0. The van der Waals surface area contributed by atoms with Crippen LogP contribution in [-0.2, 0) is 0 Å². The Labute approximate surface area is 101 Å². The third-order valence-corrected chi connectivity index (χ3v) is 3.89. The Hall–Kier alpha value is -0.300. The zero-order valence-corrected chi connectivity index (χ0v) is 10.8. The maximum Gasteiger partial charge on any atom is 0.0107 e. The fourth-order valence-corrected chi connectivity index (χ4v) is 2.75. The Morgan fingerprint density at radius 2 is 2.25 bits per heavy atom. The Balaban J connectivity index is 1.76. The van der Waals surface area contributed by atoms with Crippen LogP contribution in [0.1, 0.15) is 64.7 Å². The van der Waals surface area contributed by atoms with Crippen LogP contribution < -0.4 is 5.32 Å². The Morgan fingerprint density at radius 1 is 1.38 bits per heavy atom. The zero-order chi connectivity index (χ0) is 11.2. The molecule has 0 amide bonds. The molecule has 1 nitrogen and oxygen atoms in total. The molecule has 0 aromatic heterocycles. The van der Waals surface area contributed by atoms with Gasteiger partial charge in [0.05, 0.1) is 0 Å². The molecule has 0 aromatic carbocycles. The number of hydrogen-bond acceptors (Lipinski definition) is 1. The van der Waals surface area contributed by atoms with Crippen molar-refractivity contribution in [2.75, 3.05) is 6.54 Å². The Morgan fingerprint density at radius 3 is 2.88 bits per heavy atom. The molecule has 0 aliphatic heterocycles. The molecule has 0 aromatic rings. The summed E-state index contributed by atoms with van der Waals surface area (Å²) in [6.07, 6.45) is 15.1. The van der Waals surface area contributed by atoms with Gasteiger partial charge in [0, 0.05) is 6.04 Å². The molecular weight excluding hydrogens is 194 g/mol. The Kier molecular flexibility index (Phi) is 4.90. The van der Waals surface area contributed by atoms with E-state index in [4.69, 9.17) is 0 Å². The van der Waals surface area contributed by atoms with Gasteiger partial charge in [-0.05, 0) is 57.4 Å². The summed E-state index contributed by atoms with van der Waals surface area (Å²) in [6.45, 7) is 3.46. The van der Waals surface area contributed by atoms with E-state index in [2.05, 4.69) is 18.3 Å². The summed E-state index contributed by atoms with van der Waals surface area (Å²) in [5.74, 6) is 1.05. The fraction of sp³-hybridized carbons (Fsp3) is 0.867. The third-order valence-electron chi connectivity index (χ3n) is 3.89. The highest BCUT2D eigenvalue weighted by atomic mass is 14.9. The van der Waals surface area contributed by atoms with E-state index < -0.39 is 0 Å². The van der Waals surface area contributed by atoms with Gasteiger partial charge in [0.1, 0.15) is 0 Å². The summed E-state index contributed by atoms with van der Waals surface area (Å²) < 4.78 is 0. The molecule has 0 heterocycles. The van der Waals surface area contributed by atoms with Crippen LogP contribution >= 0.6 is 0 Å². The van der Waals surface area contributed by atoms with E-state index in [9.17, 15) is 0 Å². The van der Waals surface area contributed by atoms with Crippen LogP contribution in [0.25, 0.3) is 0 Å².